The molecular formula is C28H31Cl2N3O5S. The number of hydrogen-bond donors (Lipinski definition) is 1. The lowest BCUT2D eigenvalue weighted by atomic mass is 10.1. The topological polar surface area (TPSA) is 96.0 Å². The first-order valence-corrected chi connectivity index (χ1v) is 14.4. The van der Waals surface area contributed by atoms with Crippen molar-refractivity contribution in [1.29, 1.82) is 0 Å². The van der Waals surface area contributed by atoms with Crippen molar-refractivity contribution in [1.82, 2.24) is 10.2 Å². The highest BCUT2D eigenvalue weighted by molar-refractivity contribution is 7.92. The molecule has 208 valence electrons. The van der Waals surface area contributed by atoms with E-state index in [4.69, 9.17) is 27.9 Å². The summed E-state index contributed by atoms with van der Waals surface area (Å²) < 4.78 is 34.3. The number of ether oxygens (including phenoxy) is 1. The van der Waals surface area contributed by atoms with Gasteiger partial charge in [0.25, 0.3) is 10.0 Å². The van der Waals surface area contributed by atoms with Crippen molar-refractivity contribution in [2.75, 3.05) is 24.5 Å². The molecule has 39 heavy (non-hydrogen) atoms. The van der Waals surface area contributed by atoms with E-state index < -0.39 is 34.4 Å². The lowest BCUT2D eigenvalue weighted by Gasteiger charge is -2.32. The van der Waals surface area contributed by atoms with Crippen LogP contribution in [0.25, 0.3) is 0 Å². The molecule has 11 heteroatoms. The van der Waals surface area contributed by atoms with Gasteiger partial charge < -0.3 is 15.0 Å². The molecule has 0 spiro atoms. The molecule has 0 fully saturated rings. The van der Waals surface area contributed by atoms with Crippen LogP contribution in [0, 0.1) is 6.92 Å². The lowest BCUT2D eigenvalue weighted by molar-refractivity contribution is -0.139. The van der Waals surface area contributed by atoms with Crippen LogP contribution in [0.2, 0.25) is 10.0 Å². The fraction of sp³-hybridized carbons (Fsp3) is 0.286. The molecule has 8 nitrogen and oxygen atoms in total. The van der Waals surface area contributed by atoms with Crippen molar-refractivity contribution in [3.8, 4) is 5.75 Å². The number of sulfonamides is 1. The molecule has 0 aliphatic heterocycles. The Kier molecular flexibility index (Phi) is 10.2. The highest BCUT2D eigenvalue weighted by Crippen LogP contribution is 2.33. The van der Waals surface area contributed by atoms with Gasteiger partial charge in [-0.05, 0) is 57.2 Å². The number of carbonyl (C=O) groups is 2. The maximum Gasteiger partial charge on any atom is 0.264 e. The van der Waals surface area contributed by atoms with Crippen LogP contribution < -0.4 is 14.4 Å². The molecule has 0 bridgehead atoms. The van der Waals surface area contributed by atoms with Crippen LogP contribution in [0.5, 0.6) is 5.75 Å². The van der Waals surface area contributed by atoms with Gasteiger partial charge in [0.1, 0.15) is 18.3 Å². The fourth-order valence-electron chi connectivity index (χ4n) is 3.94. The molecule has 0 aliphatic carbocycles. The molecule has 3 aromatic rings. The summed E-state index contributed by atoms with van der Waals surface area (Å²) >= 11 is 12.8. The fourth-order valence-corrected chi connectivity index (χ4v) is 5.89. The summed E-state index contributed by atoms with van der Waals surface area (Å²) in [6.45, 7) is 4.81. The minimum atomic E-state index is -4.22. The normalized spacial score (nSPS) is 11.9. The molecule has 1 N–H and O–H groups in total. The van der Waals surface area contributed by atoms with Gasteiger partial charge in [-0.1, -0.05) is 59.1 Å². The second-order valence-corrected chi connectivity index (χ2v) is 11.5. The number of hydrogen-bond acceptors (Lipinski definition) is 5. The Labute approximate surface area is 239 Å². The Morgan fingerprint density at radius 2 is 1.59 bits per heavy atom. The molecule has 0 unspecified atom stereocenters. The molecule has 0 radical (unpaired) electrons. The summed E-state index contributed by atoms with van der Waals surface area (Å²) in [5.41, 5.74) is 1.50. The summed E-state index contributed by atoms with van der Waals surface area (Å²) in [5.74, 6) is -0.774. The van der Waals surface area contributed by atoms with Crippen LogP contribution in [-0.2, 0) is 26.2 Å². The van der Waals surface area contributed by atoms with Crippen LogP contribution >= 0.6 is 23.2 Å². The van der Waals surface area contributed by atoms with Crippen molar-refractivity contribution in [2.45, 2.75) is 38.3 Å². The van der Waals surface area contributed by atoms with E-state index >= 15 is 0 Å². The predicted octanol–water partition coefficient (Wildman–Crippen LogP) is 5.06. The summed E-state index contributed by atoms with van der Waals surface area (Å²) in [7, 11) is -2.81. The number of amides is 2. The molecule has 2 amide bonds. The third-order valence-corrected chi connectivity index (χ3v) is 8.63. The van der Waals surface area contributed by atoms with E-state index in [1.807, 2.05) is 6.92 Å². The first-order valence-electron chi connectivity index (χ1n) is 12.2. The molecule has 0 saturated carbocycles. The average molecular weight is 593 g/mol. The maximum absolute atomic E-state index is 13.9. The van der Waals surface area contributed by atoms with Gasteiger partial charge in [0, 0.05) is 28.7 Å². The first kappa shape index (κ1) is 30.3. The molecule has 3 rings (SSSR count). The highest BCUT2D eigenvalue weighted by Gasteiger charge is 2.34. The summed E-state index contributed by atoms with van der Waals surface area (Å²) in [6.07, 6.45) is 0. The number of para-hydroxylation sites is 2. The van der Waals surface area contributed by atoms with Crippen molar-refractivity contribution < 1.29 is 22.7 Å². The average Bonchev–Trinajstić information content (AvgIpc) is 2.91. The molecule has 0 aliphatic rings. The van der Waals surface area contributed by atoms with E-state index in [9.17, 15) is 18.0 Å². The number of likely N-dealkylation sites (N-methyl/N-ethyl adjacent to an activating group) is 1. The van der Waals surface area contributed by atoms with Gasteiger partial charge in [0.15, 0.2) is 0 Å². The van der Waals surface area contributed by atoms with Crippen LogP contribution in [0.3, 0.4) is 0 Å². The lowest BCUT2D eigenvalue weighted by Crippen LogP contribution is -2.51. The third kappa shape index (κ3) is 7.03. The Hall–Kier alpha value is -3.27. The monoisotopic (exact) mass is 591 g/mol. The van der Waals surface area contributed by atoms with E-state index in [0.29, 0.717) is 22.2 Å². The first-order chi connectivity index (χ1) is 18.5. The van der Waals surface area contributed by atoms with Gasteiger partial charge in [0.05, 0.1) is 17.7 Å². The Bertz CT molecular complexity index is 1410. The minimum Gasteiger partial charge on any atom is -0.495 e. The van der Waals surface area contributed by atoms with Crippen molar-refractivity contribution in [3.05, 3.63) is 87.9 Å². The SMILES string of the molecule is CCNC(=O)[C@H](C)N(Cc1c(Cl)cccc1Cl)C(=O)CN(c1ccccc1OC)S(=O)(=O)c1ccc(C)cc1. The van der Waals surface area contributed by atoms with E-state index in [0.717, 1.165) is 9.87 Å². The van der Waals surface area contributed by atoms with E-state index in [1.165, 1.54) is 24.1 Å². The number of aryl methyl sites for hydroxylation is 1. The van der Waals surface area contributed by atoms with Gasteiger partial charge in [-0.3, -0.25) is 13.9 Å². The van der Waals surface area contributed by atoms with Gasteiger partial charge in [-0.25, -0.2) is 8.42 Å². The molecular weight excluding hydrogens is 561 g/mol. The summed E-state index contributed by atoms with van der Waals surface area (Å²) in [4.78, 5) is 28.1. The van der Waals surface area contributed by atoms with Crippen LogP contribution in [0.15, 0.2) is 71.6 Å². The third-order valence-electron chi connectivity index (χ3n) is 6.15. The number of nitrogens with zero attached hydrogens (tertiary/aromatic N) is 2. The largest absolute Gasteiger partial charge is 0.495 e. The summed E-state index contributed by atoms with van der Waals surface area (Å²) in [5, 5.41) is 3.34. The smallest absolute Gasteiger partial charge is 0.264 e. The van der Waals surface area contributed by atoms with E-state index in [2.05, 4.69) is 5.32 Å². The van der Waals surface area contributed by atoms with Gasteiger partial charge in [-0.2, -0.15) is 0 Å². The van der Waals surface area contributed by atoms with E-state index in [-0.39, 0.29) is 22.9 Å². The van der Waals surface area contributed by atoms with Crippen molar-refractivity contribution in [3.63, 3.8) is 0 Å². The van der Waals surface area contributed by atoms with Crippen molar-refractivity contribution in [2.24, 2.45) is 0 Å². The second kappa shape index (κ2) is 13.2. The predicted molar refractivity (Wildman–Crippen MR) is 154 cm³/mol. The Morgan fingerprint density at radius 1 is 0.974 bits per heavy atom. The van der Waals surface area contributed by atoms with Gasteiger partial charge in [-0.15, -0.1) is 0 Å². The molecule has 1 atom stereocenters. The maximum atomic E-state index is 13.9. The zero-order valence-corrected chi connectivity index (χ0v) is 24.5. The second-order valence-electron chi connectivity index (χ2n) is 8.79. The number of rotatable bonds is 11. The quantitative estimate of drug-likeness (QED) is 0.336. The van der Waals surface area contributed by atoms with Gasteiger partial charge >= 0.3 is 0 Å². The Morgan fingerprint density at radius 3 is 2.18 bits per heavy atom. The number of carbonyl (C=O) groups excluding carboxylic acids is 2. The van der Waals surface area contributed by atoms with Gasteiger partial charge in [0.2, 0.25) is 11.8 Å². The van der Waals surface area contributed by atoms with E-state index in [1.54, 1.807) is 68.4 Å². The van der Waals surface area contributed by atoms with Crippen LogP contribution in [-0.4, -0.2) is 51.4 Å². The zero-order chi connectivity index (χ0) is 28.7. The number of nitrogens with one attached hydrogen (secondary N) is 1. The number of anilines is 1. The van der Waals surface area contributed by atoms with Crippen LogP contribution in [0.4, 0.5) is 5.69 Å². The minimum absolute atomic E-state index is 0.00396. The Balaban J connectivity index is 2.10. The number of benzene rings is 3. The molecule has 0 aromatic heterocycles. The standard InChI is InChI=1S/C28H31Cl2N3O5S/c1-5-31-28(35)20(3)32(17-22-23(29)9-8-10-24(22)30)27(34)18-33(25-11-6-7-12-26(25)38-4)39(36,37)21-15-13-19(2)14-16-21/h6-16,20H,5,17-18H2,1-4H3,(H,31,35)/t20-/m0/s1. The van der Waals surface area contributed by atoms with Crippen LogP contribution in [0.1, 0.15) is 25.0 Å². The molecule has 3 aromatic carbocycles. The summed E-state index contributed by atoms with van der Waals surface area (Å²) in [6, 6.07) is 16.8. The number of halogens is 2. The zero-order valence-electron chi connectivity index (χ0n) is 22.1. The van der Waals surface area contributed by atoms with Crippen molar-refractivity contribution >= 4 is 50.7 Å². The molecule has 0 heterocycles. The number of methoxy groups -OCH3 is 1. The molecule has 0 saturated heterocycles. The highest BCUT2D eigenvalue weighted by atomic mass is 35.5.